The molecule has 0 amide bonds. The highest BCUT2D eigenvalue weighted by atomic mass is 35.5. The highest BCUT2D eigenvalue weighted by molar-refractivity contribution is 6.33. The van der Waals surface area contributed by atoms with E-state index >= 15 is 0 Å². The zero-order valence-corrected chi connectivity index (χ0v) is 14.1. The average molecular weight is 323 g/mol. The Morgan fingerprint density at radius 1 is 1.10 bits per heavy atom. The highest BCUT2D eigenvalue weighted by Crippen LogP contribution is 2.31. The Morgan fingerprint density at radius 2 is 1.76 bits per heavy atom. The third kappa shape index (κ3) is 4.19. The lowest BCUT2D eigenvalue weighted by molar-refractivity contribution is 0.597. The van der Waals surface area contributed by atoms with E-state index in [2.05, 4.69) is 29.4 Å². The van der Waals surface area contributed by atoms with Crippen molar-refractivity contribution in [3.63, 3.8) is 0 Å². The molecule has 0 saturated carbocycles. The molecule has 0 spiro atoms. The van der Waals surface area contributed by atoms with Crippen LogP contribution in [0.15, 0.2) is 30.3 Å². The molecule has 1 heterocycles. The van der Waals surface area contributed by atoms with Crippen molar-refractivity contribution < 1.29 is 0 Å². The predicted molar refractivity (Wildman–Crippen MR) is 90.3 cm³/mol. The fraction of sp³-hybridized carbons (Fsp3) is 0.353. The Hall–Kier alpha value is -1.09. The van der Waals surface area contributed by atoms with E-state index in [1.807, 2.05) is 32.0 Å². The van der Waals surface area contributed by atoms with Crippen LogP contribution in [0.1, 0.15) is 41.9 Å². The van der Waals surface area contributed by atoms with Crippen molar-refractivity contribution in [2.24, 2.45) is 0 Å². The molecule has 112 valence electrons. The molecule has 21 heavy (non-hydrogen) atoms. The first kappa shape index (κ1) is 16.3. The molecule has 0 bridgehead atoms. The molecule has 2 aromatic rings. The summed E-state index contributed by atoms with van der Waals surface area (Å²) in [7, 11) is 0. The van der Waals surface area contributed by atoms with Crippen molar-refractivity contribution in [2.75, 3.05) is 6.54 Å². The molecular weight excluding hydrogens is 303 g/mol. The molecule has 1 unspecified atom stereocenters. The lowest BCUT2D eigenvalue weighted by Crippen LogP contribution is -2.24. The number of hydrogen-bond donors (Lipinski definition) is 1. The van der Waals surface area contributed by atoms with Gasteiger partial charge in [-0.25, -0.2) is 0 Å². The Bertz CT molecular complexity index is 606. The van der Waals surface area contributed by atoms with Gasteiger partial charge in [0.25, 0.3) is 0 Å². The smallest absolute Gasteiger partial charge is 0.0593 e. The third-order valence-electron chi connectivity index (χ3n) is 3.30. The predicted octanol–water partition coefficient (Wildman–Crippen LogP) is 5.09. The number of rotatable bonds is 5. The van der Waals surface area contributed by atoms with Crippen molar-refractivity contribution in [1.29, 1.82) is 0 Å². The summed E-state index contributed by atoms with van der Waals surface area (Å²) in [5.74, 6) is 0. The molecule has 2 rings (SSSR count). The second-order valence-corrected chi connectivity index (χ2v) is 6.08. The van der Waals surface area contributed by atoms with Gasteiger partial charge in [-0.1, -0.05) is 30.1 Å². The normalized spacial score (nSPS) is 12.4. The first-order valence-corrected chi connectivity index (χ1v) is 7.90. The lowest BCUT2D eigenvalue weighted by Gasteiger charge is -2.22. The summed E-state index contributed by atoms with van der Waals surface area (Å²) in [6.07, 6.45) is 1.05. The van der Waals surface area contributed by atoms with E-state index in [-0.39, 0.29) is 6.04 Å². The molecule has 1 aromatic carbocycles. The summed E-state index contributed by atoms with van der Waals surface area (Å²) in [5, 5.41) is 4.97. The van der Waals surface area contributed by atoms with Crippen LogP contribution >= 0.6 is 23.2 Å². The Morgan fingerprint density at radius 3 is 2.38 bits per heavy atom. The molecule has 1 aromatic heterocycles. The number of nitrogens with one attached hydrogen (secondary N) is 1. The maximum absolute atomic E-state index is 6.39. The number of aryl methyl sites for hydroxylation is 2. The van der Waals surface area contributed by atoms with E-state index in [9.17, 15) is 0 Å². The van der Waals surface area contributed by atoms with Crippen LogP contribution in [0.25, 0.3) is 0 Å². The standard InChI is InChI=1S/C17H20Cl2N2/c1-4-7-20-17(13-8-11(2)21-12(3)9-13)15-10-14(18)5-6-16(15)19/h5-6,8-10,17,20H,4,7H2,1-3H3. The molecule has 1 N–H and O–H groups in total. The van der Waals surface area contributed by atoms with Gasteiger partial charge < -0.3 is 5.32 Å². The van der Waals surface area contributed by atoms with Crippen molar-refractivity contribution in [2.45, 2.75) is 33.2 Å². The Balaban J connectivity index is 2.49. The number of hydrogen-bond acceptors (Lipinski definition) is 2. The van der Waals surface area contributed by atoms with Gasteiger partial charge in [-0.15, -0.1) is 0 Å². The molecule has 0 saturated heterocycles. The van der Waals surface area contributed by atoms with E-state index < -0.39 is 0 Å². The second kappa shape index (κ2) is 7.26. The molecule has 0 aliphatic carbocycles. The summed E-state index contributed by atoms with van der Waals surface area (Å²) in [6.45, 7) is 7.07. The molecule has 0 aliphatic heterocycles. The summed E-state index contributed by atoms with van der Waals surface area (Å²) < 4.78 is 0. The largest absolute Gasteiger partial charge is 0.306 e. The number of halogens is 2. The van der Waals surface area contributed by atoms with Crippen LogP contribution in [0, 0.1) is 13.8 Å². The van der Waals surface area contributed by atoms with Gasteiger partial charge >= 0.3 is 0 Å². The van der Waals surface area contributed by atoms with Crippen LogP contribution in [0.4, 0.5) is 0 Å². The van der Waals surface area contributed by atoms with Gasteiger partial charge in [0, 0.05) is 21.4 Å². The summed E-state index contributed by atoms with van der Waals surface area (Å²) >= 11 is 12.5. The van der Waals surface area contributed by atoms with Crippen molar-refractivity contribution in [1.82, 2.24) is 10.3 Å². The first-order chi connectivity index (χ1) is 10.0. The minimum Gasteiger partial charge on any atom is -0.306 e. The Labute approximate surface area is 136 Å². The molecular formula is C17H20Cl2N2. The van der Waals surface area contributed by atoms with Crippen LogP contribution in [0.2, 0.25) is 10.0 Å². The zero-order chi connectivity index (χ0) is 15.4. The average Bonchev–Trinajstić information content (AvgIpc) is 2.42. The minimum atomic E-state index is 0.0246. The third-order valence-corrected chi connectivity index (χ3v) is 3.88. The summed E-state index contributed by atoms with van der Waals surface area (Å²) in [4.78, 5) is 4.44. The lowest BCUT2D eigenvalue weighted by atomic mass is 9.98. The molecule has 4 heteroatoms. The van der Waals surface area contributed by atoms with Gasteiger partial charge in [-0.2, -0.15) is 0 Å². The Kier molecular flexibility index (Phi) is 5.63. The van der Waals surface area contributed by atoms with Gasteiger partial charge in [-0.3, -0.25) is 4.98 Å². The van der Waals surface area contributed by atoms with Crippen LogP contribution in [-0.4, -0.2) is 11.5 Å². The number of aromatic nitrogens is 1. The maximum Gasteiger partial charge on any atom is 0.0593 e. The fourth-order valence-corrected chi connectivity index (χ4v) is 2.87. The van der Waals surface area contributed by atoms with Gasteiger partial charge in [0.2, 0.25) is 0 Å². The van der Waals surface area contributed by atoms with E-state index in [0.717, 1.165) is 40.5 Å². The first-order valence-electron chi connectivity index (χ1n) is 7.14. The SMILES string of the molecule is CCCNC(c1cc(C)nc(C)c1)c1cc(Cl)ccc1Cl. The van der Waals surface area contributed by atoms with Crippen molar-refractivity contribution in [3.05, 3.63) is 62.9 Å². The summed E-state index contributed by atoms with van der Waals surface area (Å²) in [5.41, 5.74) is 4.18. The van der Waals surface area contributed by atoms with Crippen molar-refractivity contribution >= 4 is 23.2 Å². The topological polar surface area (TPSA) is 24.9 Å². The van der Waals surface area contributed by atoms with Crippen LogP contribution in [-0.2, 0) is 0 Å². The van der Waals surface area contributed by atoms with Gasteiger partial charge in [-0.05, 0) is 68.3 Å². The quantitative estimate of drug-likeness (QED) is 0.828. The van der Waals surface area contributed by atoms with E-state index in [4.69, 9.17) is 23.2 Å². The zero-order valence-electron chi connectivity index (χ0n) is 12.6. The molecule has 2 nitrogen and oxygen atoms in total. The van der Waals surface area contributed by atoms with Gasteiger partial charge in [0.05, 0.1) is 6.04 Å². The van der Waals surface area contributed by atoms with E-state index in [1.165, 1.54) is 0 Å². The highest BCUT2D eigenvalue weighted by Gasteiger charge is 2.17. The fourth-order valence-electron chi connectivity index (χ4n) is 2.47. The number of benzene rings is 1. The van der Waals surface area contributed by atoms with Gasteiger partial charge in [0.1, 0.15) is 0 Å². The van der Waals surface area contributed by atoms with Gasteiger partial charge in [0.15, 0.2) is 0 Å². The minimum absolute atomic E-state index is 0.0246. The molecule has 0 fully saturated rings. The van der Waals surface area contributed by atoms with Crippen molar-refractivity contribution in [3.8, 4) is 0 Å². The van der Waals surface area contributed by atoms with Crippen LogP contribution in [0.5, 0.6) is 0 Å². The van der Waals surface area contributed by atoms with E-state index in [0.29, 0.717) is 5.02 Å². The maximum atomic E-state index is 6.39. The second-order valence-electron chi connectivity index (χ2n) is 5.24. The molecule has 0 radical (unpaired) electrons. The van der Waals surface area contributed by atoms with Crippen LogP contribution in [0.3, 0.4) is 0 Å². The monoisotopic (exact) mass is 322 g/mol. The number of pyridine rings is 1. The van der Waals surface area contributed by atoms with E-state index in [1.54, 1.807) is 0 Å². The molecule has 1 atom stereocenters. The van der Waals surface area contributed by atoms with Crippen LogP contribution < -0.4 is 5.32 Å². The number of nitrogens with zero attached hydrogens (tertiary/aromatic N) is 1. The summed E-state index contributed by atoms with van der Waals surface area (Å²) in [6, 6.07) is 9.81. The molecule has 0 aliphatic rings.